The van der Waals surface area contributed by atoms with Gasteiger partial charge in [-0.15, -0.1) is 0 Å². The van der Waals surface area contributed by atoms with Crippen LogP contribution in [0.5, 0.6) is 0 Å². The molecule has 1 amide bonds. The molecule has 1 aliphatic carbocycles. The molecule has 2 unspecified atom stereocenters. The average Bonchev–Trinajstić information content (AvgIpc) is 2.49. The first kappa shape index (κ1) is 9.36. The number of amides is 1. The highest BCUT2D eigenvalue weighted by molar-refractivity contribution is 5.67. The van der Waals surface area contributed by atoms with Crippen molar-refractivity contribution < 1.29 is 9.53 Å². The van der Waals surface area contributed by atoms with Gasteiger partial charge in [0.2, 0.25) is 0 Å². The van der Waals surface area contributed by atoms with Crippen LogP contribution in [0.4, 0.5) is 4.79 Å². The molecule has 0 saturated heterocycles. The number of nitrogens with zero attached hydrogens (tertiary/aromatic N) is 1. The summed E-state index contributed by atoms with van der Waals surface area (Å²) in [7, 11) is 3.24. The molecule has 1 rings (SSSR count). The van der Waals surface area contributed by atoms with Crippen molar-refractivity contribution in [1.29, 1.82) is 0 Å². The van der Waals surface area contributed by atoms with Crippen molar-refractivity contribution >= 4 is 6.09 Å². The molecule has 12 heavy (non-hydrogen) atoms. The van der Waals surface area contributed by atoms with Gasteiger partial charge >= 0.3 is 6.09 Å². The summed E-state index contributed by atoms with van der Waals surface area (Å²) in [5.41, 5.74) is 0. The van der Waals surface area contributed by atoms with Gasteiger partial charge in [0.05, 0.1) is 7.11 Å². The van der Waals surface area contributed by atoms with E-state index in [-0.39, 0.29) is 6.09 Å². The van der Waals surface area contributed by atoms with Gasteiger partial charge in [0.25, 0.3) is 0 Å². The first-order valence-electron chi connectivity index (χ1n) is 4.46. The molecule has 0 spiro atoms. The summed E-state index contributed by atoms with van der Waals surface area (Å²) in [5, 5.41) is 0. The van der Waals surface area contributed by atoms with Crippen molar-refractivity contribution in [2.45, 2.75) is 32.2 Å². The fourth-order valence-corrected chi connectivity index (χ4v) is 1.82. The SMILES string of the molecule is COC(=O)N(C)C1CCC(C)C1. The maximum atomic E-state index is 11.1. The Morgan fingerprint density at radius 3 is 2.58 bits per heavy atom. The van der Waals surface area contributed by atoms with E-state index in [4.69, 9.17) is 0 Å². The molecule has 1 saturated carbocycles. The molecular formula is C9H17NO2. The van der Waals surface area contributed by atoms with Crippen molar-refractivity contribution in [2.75, 3.05) is 14.2 Å². The summed E-state index contributed by atoms with van der Waals surface area (Å²) in [6.07, 6.45) is 3.25. The lowest BCUT2D eigenvalue weighted by Gasteiger charge is -2.22. The molecule has 1 aliphatic rings. The Hall–Kier alpha value is -0.730. The highest BCUT2D eigenvalue weighted by Crippen LogP contribution is 2.28. The lowest BCUT2D eigenvalue weighted by Crippen LogP contribution is -2.35. The van der Waals surface area contributed by atoms with Gasteiger partial charge in [0.1, 0.15) is 0 Å². The summed E-state index contributed by atoms with van der Waals surface area (Å²) in [6.45, 7) is 2.23. The summed E-state index contributed by atoms with van der Waals surface area (Å²) in [4.78, 5) is 12.8. The zero-order valence-corrected chi connectivity index (χ0v) is 8.04. The fourth-order valence-electron chi connectivity index (χ4n) is 1.82. The normalized spacial score (nSPS) is 28.6. The Labute approximate surface area is 73.7 Å². The second-order valence-corrected chi connectivity index (χ2v) is 3.65. The standard InChI is InChI=1S/C9H17NO2/c1-7-4-5-8(6-7)10(2)9(11)12-3/h7-8H,4-6H2,1-3H3. The second kappa shape index (κ2) is 3.78. The maximum absolute atomic E-state index is 11.1. The largest absolute Gasteiger partial charge is 0.453 e. The van der Waals surface area contributed by atoms with E-state index in [2.05, 4.69) is 11.7 Å². The number of hydrogen-bond acceptors (Lipinski definition) is 2. The Balaban J connectivity index is 2.42. The van der Waals surface area contributed by atoms with Crippen LogP contribution in [0.15, 0.2) is 0 Å². The Morgan fingerprint density at radius 2 is 2.17 bits per heavy atom. The number of carbonyl (C=O) groups is 1. The number of methoxy groups -OCH3 is 1. The molecule has 0 aromatic rings. The third-order valence-corrected chi connectivity index (χ3v) is 2.68. The maximum Gasteiger partial charge on any atom is 0.409 e. The van der Waals surface area contributed by atoms with E-state index < -0.39 is 0 Å². The zero-order chi connectivity index (χ0) is 9.14. The van der Waals surface area contributed by atoms with E-state index in [1.807, 2.05) is 7.05 Å². The molecule has 3 heteroatoms. The number of hydrogen-bond donors (Lipinski definition) is 0. The molecule has 2 atom stereocenters. The minimum Gasteiger partial charge on any atom is -0.453 e. The third-order valence-electron chi connectivity index (χ3n) is 2.68. The van der Waals surface area contributed by atoms with Crippen LogP contribution in [-0.4, -0.2) is 31.2 Å². The van der Waals surface area contributed by atoms with Gasteiger partial charge in [-0.2, -0.15) is 0 Å². The van der Waals surface area contributed by atoms with Gasteiger partial charge in [-0.05, 0) is 25.2 Å². The topological polar surface area (TPSA) is 29.5 Å². The Bertz CT molecular complexity index is 170. The fraction of sp³-hybridized carbons (Fsp3) is 0.889. The van der Waals surface area contributed by atoms with Gasteiger partial charge < -0.3 is 9.64 Å². The van der Waals surface area contributed by atoms with Crippen LogP contribution in [0.1, 0.15) is 26.2 Å². The van der Waals surface area contributed by atoms with E-state index >= 15 is 0 Å². The van der Waals surface area contributed by atoms with E-state index in [1.54, 1.807) is 4.90 Å². The summed E-state index contributed by atoms with van der Waals surface area (Å²) in [6, 6.07) is 0.396. The molecule has 0 N–H and O–H groups in total. The van der Waals surface area contributed by atoms with Gasteiger partial charge in [0, 0.05) is 13.1 Å². The van der Waals surface area contributed by atoms with Gasteiger partial charge in [0.15, 0.2) is 0 Å². The lowest BCUT2D eigenvalue weighted by atomic mass is 10.1. The molecule has 0 aromatic carbocycles. The van der Waals surface area contributed by atoms with Crippen molar-refractivity contribution in [3.8, 4) is 0 Å². The van der Waals surface area contributed by atoms with Crippen LogP contribution in [-0.2, 0) is 4.74 Å². The number of ether oxygens (including phenoxy) is 1. The summed E-state index contributed by atoms with van der Waals surface area (Å²) >= 11 is 0. The monoisotopic (exact) mass is 171 g/mol. The molecule has 0 aliphatic heterocycles. The van der Waals surface area contributed by atoms with Crippen LogP contribution in [0.3, 0.4) is 0 Å². The lowest BCUT2D eigenvalue weighted by molar-refractivity contribution is 0.117. The van der Waals surface area contributed by atoms with Gasteiger partial charge in [-0.25, -0.2) is 4.79 Å². The van der Waals surface area contributed by atoms with Crippen LogP contribution in [0, 0.1) is 5.92 Å². The quantitative estimate of drug-likeness (QED) is 0.602. The number of carbonyl (C=O) groups excluding carboxylic acids is 1. The smallest absolute Gasteiger partial charge is 0.409 e. The third kappa shape index (κ3) is 1.90. The molecule has 3 nitrogen and oxygen atoms in total. The van der Waals surface area contributed by atoms with E-state index in [9.17, 15) is 4.79 Å². The van der Waals surface area contributed by atoms with Crippen LogP contribution < -0.4 is 0 Å². The minimum atomic E-state index is -0.214. The highest BCUT2D eigenvalue weighted by Gasteiger charge is 2.27. The Morgan fingerprint density at radius 1 is 1.50 bits per heavy atom. The van der Waals surface area contributed by atoms with Crippen LogP contribution >= 0.6 is 0 Å². The molecule has 0 aromatic heterocycles. The Kier molecular flexibility index (Phi) is 2.95. The van der Waals surface area contributed by atoms with Gasteiger partial charge in [-0.3, -0.25) is 0 Å². The van der Waals surface area contributed by atoms with Crippen molar-refractivity contribution in [3.63, 3.8) is 0 Å². The zero-order valence-electron chi connectivity index (χ0n) is 8.04. The van der Waals surface area contributed by atoms with E-state index in [0.29, 0.717) is 6.04 Å². The van der Waals surface area contributed by atoms with Crippen LogP contribution in [0.2, 0.25) is 0 Å². The summed E-state index contributed by atoms with van der Waals surface area (Å²) in [5.74, 6) is 0.752. The van der Waals surface area contributed by atoms with Crippen molar-refractivity contribution in [2.24, 2.45) is 5.92 Å². The number of rotatable bonds is 1. The molecule has 0 heterocycles. The second-order valence-electron chi connectivity index (χ2n) is 3.65. The van der Waals surface area contributed by atoms with E-state index in [0.717, 1.165) is 18.8 Å². The predicted octanol–water partition coefficient (Wildman–Crippen LogP) is 1.87. The molecule has 70 valence electrons. The molecule has 1 fully saturated rings. The van der Waals surface area contributed by atoms with Crippen molar-refractivity contribution in [3.05, 3.63) is 0 Å². The molecule has 0 radical (unpaired) electrons. The van der Waals surface area contributed by atoms with Crippen molar-refractivity contribution in [1.82, 2.24) is 4.90 Å². The van der Waals surface area contributed by atoms with Gasteiger partial charge in [-0.1, -0.05) is 6.92 Å². The highest BCUT2D eigenvalue weighted by atomic mass is 16.5. The molecular weight excluding hydrogens is 154 g/mol. The van der Waals surface area contributed by atoms with Crippen LogP contribution in [0.25, 0.3) is 0 Å². The molecule has 0 bridgehead atoms. The minimum absolute atomic E-state index is 0.214. The summed E-state index contributed by atoms with van der Waals surface area (Å²) < 4.78 is 4.65. The predicted molar refractivity (Wildman–Crippen MR) is 47.0 cm³/mol. The average molecular weight is 171 g/mol. The van der Waals surface area contributed by atoms with E-state index in [1.165, 1.54) is 13.5 Å². The first-order valence-corrected chi connectivity index (χ1v) is 4.46. The first-order chi connectivity index (χ1) is 5.65.